The van der Waals surface area contributed by atoms with Crippen molar-refractivity contribution in [1.29, 1.82) is 0 Å². The lowest BCUT2D eigenvalue weighted by Crippen LogP contribution is -2.38. The van der Waals surface area contributed by atoms with Crippen molar-refractivity contribution >= 4 is 28.3 Å². The Morgan fingerprint density at radius 1 is 0.549 bits per heavy atom. The van der Waals surface area contributed by atoms with Crippen LogP contribution in [0.5, 0.6) is 11.5 Å². The third-order valence-corrected chi connectivity index (χ3v) is 13.6. The number of aliphatic imine (C=N–C) groups is 1. The Kier molecular flexibility index (Phi) is 14.0. The van der Waals surface area contributed by atoms with Crippen molar-refractivity contribution in [2.45, 2.75) is 89.9 Å². The molecule has 11 rings (SSSR count). The van der Waals surface area contributed by atoms with Crippen molar-refractivity contribution in [1.82, 2.24) is 19.7 Å². The number of fused-ring (bicyclic) bond motifs is 2. The number of piperidine rings is 2. The zero-order valence-corrected chi connectivity index (χ0v) is 41.1. The van der Waals surface area contributed by atoms with Crippen molar-refractivity contribution < 1.29 is 19.7 Å². The second-order valence-corrected chi connectivity index (χ2v) is 19.3. The molecule has 6 heterocycles. The van der Waals surface area contributed by atoms with E-state index < -0.39 is 5.54 Å². The Morgan fingerprint density at radius 2 is 1.03 bits per heavy atom. The molecule has 0 saturated carbocycles. The molecule has 2 saturated heterocycles. The first-order valence-electron chi connectivity index (χ1n) is 25.1. The van der Waals surface area contributed by atoms with E-state index in [-0.39, 0.29) is 24.4 Å². The molecule has 0 amide bonds. The summed E-state index contributed by atoms with van der Waals surface area (Å²) < 4.78 is 14.3. The minimum absolute atomic E-state index is 0.0416. The summed E-state index contributed by atoms with van der Waals surface area (Å²) in [6.45, 7) is 12.1. The highest BCUT2D eigenvalue weighted by molar-refractivity contribution is 6.15. The van der Waals surface area contributed by atoms with Crippen LogP contribution in [0.3, 0.4) is 0 Å². The number of anilines is 2. The smallest absolute Gasteiger partial charge is 0.138 e. The van der Waals surface area contributed by atoms with Crippen LogP contribution in [0.4, 0.5) is 11.6 Å². The molecule has 0 aliphatic carbocycles. The Labute approximate surface area is 417 Å². The summed E-state index contributed by atoms with van der Waals surface area (Å²) in [5, 5.41) is 26.4. The highest BCUT2D eigenvalue weighted by atomic mass is 16.5. The summed E-state index contributed by atoms with van der Waals surface area (Å²) in [4.78, 5) is 18.5. The quantitative estimate of drug-likeness (QED) is 0.115. The standard InChI is InChI=1S/C39H38N4O2.C21H25N3O2/c1-28(2)45-34-18-19-36-35(27-34)38(29-20-23-40-37(26-29)42-24-21-33(44)22-25-42)41-43(36)39(30-12-6-3-7-13-30,31-14-8-4-9-15-31)32-16-10-5-11-17-32;1-14(2)26-18-4-3-16-13-23-21(19(16)12-18)15-5-8-22-20(11-15)24-9-6-17(25)7-10-24/h3-20,23,26-28,33,44H,21-22,24-25H2,1-2H3;3-5,8,11-12,14,17,25H,6-7,9-10,13H2,1-2H3. The van der Waals surface area contributed by atoms with Gasteiger partial charge in [0.15, 0.2) is 0 Å². The summed E-state index contributed by atoms with van der Waals surface area (Å²) in [6, 6.07) is 52.8. The number of hydrogen-bond acceptors (Lipinski definition) is 10. The SMILES string of the molecule is CC(C)Oc1ccc2c(c1)C(c1ccnc(N3CCC(O)CC3)c1)=NC2.CC(C)Oc1ccc2c(c1)c(-c1ccnc(N3CCC(O)CC3)c1)nn2C(c1ccccc1)(c1ccccc1)c1ccccc1. The number of aromatic nitrogens is 4. The van der Waals surface area contributed by atoms with Crippen LogP contribution in [0, 0.1) is 0 Å². The lowest BCUT2D eigenvalue weighted by Gasteiger charge is -2.37. The molecule has 3 aliphatic heterocycles. The zero-order chi connectivity index (χ0) is 48.9. The van der Waals surface area contributed by atoms with E-state index in [1.54, 1.807) is 0 Å². The fraction of sp³-hybridized carbons (Fsp3) is 0.300. The molecule has 3 aromatic heterocycles. The molecule has 0 atom stereocenters. The van der Waals surface area contributed by atoms with E-state index in [1.807, 2.05) is 64.4 Å². The maximum atomic E-state index is 10.1. The van der Waals surface area contributed by atoms with E-state index >= 15 is 0 Å². The molecule has 2 N–H and O–H groups in total. The average molecular weight is 946 g/mol. The molecule has 0 radical (unpaired) electrons. The largest absolute Gasteiger partial charge is 0.491 e. The van der Waals surface area contributed by atoms with Crippen molar-refractivity contribution in [2.75, 3.05) is 36.0 Å². The summed E-state index contributed by atoms with van der Waals surface area (Å²) >= 11 is 0. The normalized spacial score (nSPS) is 15.4. The first-order chi connectivity index (χ1) is 34.6. The van der Waals surface area contributed by atoms with Gasteiger partial charge in [-0.15, -0.1) is 0 Å². The summed E-state index contributed by atoms with van der Waals surface area (Å²) in [5.74, 6) is 3.55. The number of benzene rings is 5. The average Bonchev–Trinajstić information content (AvgIpc) is 4.00. The number of ether oxygens (including phenoxy) is 2. The Morgan fingerprint density at radius 3 is 1.55 bits per heavy atom. The molecule has 3 aliphatic rings. The fourth-order valence-electron chi connectivity index (χ4n) is 10.2. The van der Waals surface area contributed by atoms with E-state index in [0.717, 1.165) is 131 Å². The van der Waals surface area contributed by atoms with Gasteiger partial charge in [-0.1, -0.05) is 97.1 Å². The van der Waals surface area contributed by atoms with Crippen LogP contribution < -0.4 is 19.3 Å². The molecular formula is C60H63N7O4. The molecule has 0 bridgehead atoms. The molecule has 0 unspecified atom stereocenters. The Balaban J connectivity index is 0.000000190. The van der Waals surface area contributed by atoms with Gasteiger partial charge in [0.25, 0.3) is 0 Å². The van der Waals surface area contributed by atoms with Crippen LogP contribution in [-0.4, -0.2) is 86.3 Å². The van der Waals surface area contributed by atoms with Crippen LogP contribution in [0.1, 0.15) is 86.8 Å². The predicted molar refractivity (Wildman–Crippen MR) is 284 cm³/mol. The van der Waals surface area contributed by atoms with Crippen LogP contribution >= 0.6 is 0 Å². The number of aliphatic hydroxyl groups is 2. The van der Waals surface area contributed by atoms with Gasteiger partial charge in [0.05, 0.1) is 42.2 Å². The molecule has 0 spiro atoms. The van der Waals surface area contributed by atoms with Crippen LogP contribution in [-0.2, 0) is 12.1 Å². The third kappa shape index (κ3) is 10.0. The highest BCUT2D eigenvalue weighted by Crippen LogP contribution is 2.45. The molecular weight excluding hydrogens is 883 g/mol. The lowest BCUT2D eigenvalue weighted by molar-refractivity contribution is 0.145. The van der Waals surface area contributed by atoms with E-state index in [2.05, 4.69) is 147 Å². The molecule has 5 aromatic carbocycles. The van der Waals surface area contributed by atoms with Gasteiger partial charge >= 0.3 is 0 Å². The minimum atomic E-state index is -0.764. The molecule has 8 aromatic rings. The predicted octanol–water partition coefficient (Wildman–Crippen LogP) is 10.9. The molecule has 11 heteroatoms. The van der Waals surface area contributed by atoms with Crippen molar-refractivity contribution in [2.24, 2.45) is 4.99 Å². The highest BCUT2D eigenvalue weighted by Gasteiger charge is 2.41. The topological polar surface area (TPSA) is 121 Å². The van der Waals surface area contributed by atoms with Gasteiger partial charge in [0.1, 0.15) is 34.4 Å². The maximum Gasteiger partial charge on any atom is 0.138 e. The monoisotopic (exact) mass is 945 g/mol. The van der Waals surface area contributed by atoms with Crippen molar-refractivity contribution in [3.05, 3.63) is 197 Å². The summed E-state index contributed by atoms with van der Waals surface area (Å²) in [6.07, 6.45) is 6.57. The van der Waals surface area contributed by atoms with Gasteiger partial charge < -0.3 is 29.5 Å². The second kappa shape index (κ2) is 20.9. The molecule has 71 heavy (non-hydrogen) atoms. The fourth-order valence-corrected chi connectivity index (χ4v) is 10.2. The first-order valence-corrected chi connectivity index (χ1v) is 25.1. The van der Waals surface area contributed by atoms with Gasteiger partial charge in [0.2, 0.25) is 0 Å². The van der Waals surface area contributed by atoms with Crippen LogP contribution in [0.2, 0.25) is 0 Å². The number of pyridine rings is 2. The maximum absolute atomic E-state index is 10.1. The van der Waals surface area contributed by atoms with Crippen LogP contribution in [0.15, 0.2) is 169 Å². The number of rotatable bonds is 12. The Bertz CT molecular complexity index is 2990. The number of nitrogens with zero attached hydrogens (tertiary/aromatic N) is 7. The lowest BCUT2D eigenvalue weighted by atomic mass is 9.77. The van der Waals surface area contributed by atoms with Crippen LogP contribution in [0.25, 0.3) is 22.2 Å². The van der Waals surface area contributed by atoms with Crippen molar-refractivity contribution in [3.8, 4) is 22.8 Å². The number of hydrogen-bond donors (Lipinski definition) is 2. The minimum Gasteiger partial charge on any atom is -0.491 e. The first kappa shape index (κ1) is 47.3. The van der Waals surface area contributed by atoms with Gasteiger partial charge in [0, 0.05) is 60.6 Å². The van der Waals surface area contributed by atoms with Gasteiger partial charge in [-0.2, -0.15) is 5.10 Å². The second-order valence-electron chi connectivity index (χ2n) is 19.3. The summed E-state index contributed by atoms with van der Waals surface area (Å²) in [5.41, 5.74) is 9.90. The van der Waals surface area contributed by atoms with Gasteiger partial charge in [-0.05, 0) is 130 Å². The Hall–Kier alpha value is -7.34. The van der Waals surface area contributed by atoms with Crippen molar-refractivity contribution in [3.63, 3.8) is 0 Å². The van der Waals surface area contributed by atoms with E-state index in [4.69, 9.17) is 24.5 Å². The third-order valence-electron chi connectivity index (χ3n) is 13.6. The molecule has 11 nitrogen and oxygen atoms in total. The summed E-state index contributed by atoms with van der Waals surface area (Å²) in [7, 11) is 0. The van der Waals surface area contributed by atoms with Gasteiger partial charge in [-0.3, -0.25) is 4.99 Å². The zero-order valence-electron chi connectivity index (χ0n) is 41.1. The van der Waals surface area contributed by atoms with E-state index in [1.165, 1.54) is 5.56 Å². The molecule has 362 valence electrons. The molecule has 2 fully saturated rings. The van der Waals surface area contributed by atoms with E-state index in [0.29, 0.717) is 6.54 Å². The van der Waals surface area contributed by atoms with Gasteiger partial charge in [-0.25, -0.2) is 14.6 Å². The number of aliphatic hydroxyl groups excluding tert-OH is 2. The van der Waals surface area contributed by atoms with E-state index in [9.17, 15) is 10.2 Å².